The summed E-state index contributed by atoms with van der Waals surface area (Å²) >= 11 is 0. The van der Waals surface area contributed by atoms with Crippen LogP contribution in [0.5, 0.6) is 0 Å². The fraction of sp³-hybridized carbons (Fsp3) is 0.471. The van der Waals surface area contributed by atoms with Crippen LogP contribution in [0.4, 0.5) is 0 Å². The standard InChI is InChI=1S/C17H24O2/c1-3-5-10-15(9-4-2)13-14-19-17(18)16-11-7-6-8-12-16/h4,6-8,11-12,15H,2-3,5,9-10,13-14H2,1H3. The second-order valence-corrected chi connectivity index (χ2v) is 4.82. The van der Waals surface area contributed by atoms with Gasteiger partial charge in [-0.05, 0) is 30.9 Å². The molecule has 0 heterocycles. The van der Waals surface area contributed by atoms with Gasteiger partial charge in [0.05, 0.1) is 12.2 Å². The van der Waals surface area contributed by atoms with Gasteiger partial charge in [-0.15, -0.1) is 6.58 Å². The molecule has 0 saturated carbocycles. The first kappa shape index (κ1) is 15.5. The molecular weight excluding hydrogens is 236 g/mol. The Hall–Kier alpha value is -1.57. The fourth-order valence-corrected chi connectivity index (χ4v) is 2.08. The maximum atomic E-state index is 11.8. The van der Waals surface area contributed by atoms with Crippen LogP contribution in [0.3, 0.4) is 0 Å². The number of allylic oxidation sites excluding steroid dienone is 1. The van der Waals surface area contributed by atoms with Crippen LogP contribution in [0, 0.1) is 5.92 Å². The molecule has 2 heteroatoms. The molecule has 2 nitrogen and oxygen atoms in total. The Bertz CT molecular complexity index is 370. The quantitative estimate of drug-likeness (QED) is 0.478. The summed E-state index contributed by atoms with van der Waals surface area (Å²) in [5.41, 5.74) is 0.622. The topological polar surface area (TPSA) is 26.3 Å². The van der Waals surface area contributed by atoms with Crippen molar-refractivity contribution < 1.29 is 9.53 Å². The van der Waals surface area contributed by atoms with Gasteiger partial charge in [-0.1, -0.05) is 50.5 Å². The molecule has 0 aromatic heterocycles. The van der Waals surface area contributed by atoms with E-state index in [9.17, 15) is 4.79 Å². The van der Waals surface area contributed by atoms with Crippen molar-refractivity contribution >= 4 is 5.97 Å². The van der Waals surface area contributed by atoms with Crippen molar-refractivity contribution in [1.29, 1.82) is 0 Å². The second kappa shape index (κ2) is 9.37. The summed E-state index contributed by atoms with van der Waals surface area (Å²) in [7, 11) is 0. The van der Waals surface area contributed by atoms with Gasteiger partial charge in [-0.25, -0.2) is 4.79 Å². The largest absolute Gasteiger partial charge is 0.462 e. The SMILES string of the molecule is C=CCC(CCCC)CCOC(=O)c1ccccc1. The van der Waals surface area contributed by atoms with E-state index in [1.165, 1.54) is 19.3 Å². The van der Waals surface area contributed by atoms with E-state index in [0.717, 1.165) is 12.8 Å². The lowest BCUT2D eigenvalue weighted by molar-refractivity contribution is 0.0481. The van der Waals surface area contributed by atoms with Gasteiger partial charge in [-0.2, -0.15) is 0 Å². The maximum Gasteiger partial charge on any atom is 0.338 e. The van der Waals surface area contributed by atoms with Crippen LogP contribution in [0.15, 0.2) is 43.0 Å². The summed E-state index contributed by atoms with van der Waals surface area (Å²) in [5.74, 6) is 0.356. The van der Waals surface area contributed by atoms with Crippen LogP contribution in [-0.2, 0) is 4.74 Å². The molecule has 1 unspecified atom stereocenters. The molecule has 0 aliphatic carbocycles. The number of rotatable bonds is 9. The third-order valence-corrected chi connectivity index (χ3v) is 3.23. The highest BCUT2D eigenvalue weighted by Gasteiger charge is 2.09. The summed E-state index contributed by atoms with van der Waals surface area (Å²) in [6.45, 7) is 6.48. The first-order chi connectivity index (χ1) is 9.27. The summed E-state index contributed by atoms with van der Waals surface area (Å²) in [5, 5.41) is 0. The number of hydrogen-bond acceptors (Lipinski definition) is 2. The molecule has 1 aromatic rings. The molecule has 1 rings (SSSR count). The van der Waals surface area contributed by atoms with Crippen LogP contribution in [0.1, 0.15) is 49.4 Å². The molecule has 19 heavy (non-hydrogen) atoms. The lowest BCUT2D eigenvalue weighted by atomic mass is 9.95. The molecule has 0 amide bonds. The van der Waals surface area contributed by atoms with Crippen LogP contribution in [-0.4, -0.2) is 12.6 Å². The Labute approximate surface area is 116 Å². The Morgan fingerprint density at radius 3 is 2.68 bits per heavy atom. The number of carbonyl (C=O) groups excluding carboxylic acids is 1. The highest BCUT2D eigenvalue weighted by molar-refractivity contribution is 5.89. The van der Waals surface area contributed by atoms with Crippen LogP contribution in [0.2, 0.25) is 0 Å². The van der Waals surface area contributed by atoms with Crippen molar-refractivity contribution in [2.75, 3.05) is 6.61 Å². The van der Waals surface area contributed by atoms with Gasteiger partial charge in [0.15, 0.2) is 0 Å². The van der Waals surface area contributed by atoms with Crippen molar-refractivity contribution in [1.82, 2.24) is 0 Å². The first-order valence-corrected chi connectivity index (χ1v) is 7.11. The van der Waals surface area contributed by atoms with Gasteiger partial charge >= 0.3 is 5.97 Å². The zero-order valence-electron chi connectivity index (χ0n) is 11.8. The predicted octanol–water partition coefficient (Wildman–Crippen LogP) is 4.62. The number of benzene rings is 1. The van der Waals surface area contributed by atoms with E-state index in [2.05, 4.69) is 13.5 Å². The Morgan fingerprint density at radius 2 is 2.05 bits per heavy atom. The average Bonchev–Trinajstić information content (AvgIpc) is 2.45. The Morgan fingerprint density at radius 1 is 1.32 bits per heavy atom. The first-order valence-electron chi connectivity index (χ1n) is 7.11. The van der Waals surface area contributed by atoms with Crippen molar-refractivity contribution in [3.05, 3.63) is 48.6 Å². The smallest absolute Gasteiger partial charge is 0.338 e. The Balaban J connectivity index is 2.31. The highest BCUT2D eigenvalue weighted by Crippen LogP contribution is 2.17. The molecule has 0 saturated heterocycles. The molecule has 0 spiro atoms. The number of hydrogen-bond donors (Lipinski definition) is 0. The summed E-state index contributed by atoms with van der Waals surface area (Å²) in [6.07, 6.45) is 7.50. The minimum Gasteiger partial charge on any atom is -0.462 e. The molecule has 0 aliphatic rings. The maximum absolute atomic E-state index is 11.8. The monoisotopic (exact) mass is 260 g/mol. The van der Waals surface area contributed by atoms with Gasteiger partial charge in [0.25, 0.3) is 0 Å². The van der Waals surface area contributed by atoms with Crippen molar-refractivity contribution in [3.63, 3.8) is 0 Å². The molecule has 0 radical (unpaired) electrons. The van der Waals surface area contributed by atoms with Crippen molar-refractivity contribution in [2.45, 2.75) is 39.0 Å². The van der Waals surface area contributed by atoms with Gasteiger partial charge in [0, 0.05) is 0 Å². The van der Waals surface area contributed by atoms with E-state index in [0.29, 0.717) is 18.1 Å². The summed E-state index contributed by atoms with van der Waals surface area (Å²) in [6, 6.07) is 9.14. The van der Waals surface area contributed by atoms with E-state index in [1.54, 1.807) is 12.1 Å². The Kier molecular flexibility index (Phi) is 7.64. The zero-order chi connectivity index (χ0) is 13.9. The number of ether oxygens (including phenoxy) is 1. The predicted molar refractivity (Wildman–Crippen MR) is 79.2 cm³/mol. The third kappa shape index (κ3) is 6.23. The van der Waals surface area contributed by atoms with E-state index >= 15 is 0 Å². The van der Waals surface area contributed by atoms with Crippen LogP contribution < -0.4 is 0 Å². The number of carbonyl (C=O) groups is 1. The van der Waals surface area contributed by atoms with E-state index in [4.69, 9.17) is 4.74 Å². The molecule has 1 aromatic carbocycles. The van der Waals surface area contributed by atoms with Crippen LogP contribution in [0.25, 0.3) is 0 Å². The third-order valence-electron chi connectivity index (χ3n) is 3.23. The minimum atomic E-state index is -0.228. The lowest BCUT2D eigenvalue weighted by Crippen LogP contribution is -2.10. The van der Waals surface area contributed by atoms with E-state index in [-0.39, 0.29) is 5.97 Å². The summed E-state index contributed by atoms with van der Waals surface area (Å²) in [4.78, 5) is 11.8. The number of unbranched alkanes of at least 4 members (excludes halogenated alkanes) is 1. The van der Waals surface area contributed by atoms with Gasteiger partial charge < -0.3 is 4.74 Å². The molecule has 0 N–H and O–H groups in total. The van der Waals surface area contributed by atoms with Gasteiger partial charge in [0.1, 0.15) is 0 Å². The molecule has 104 valence electrons. The average molecular weight is 260 g/mol. The molecule has 0 aliphatic heterocycles. The second-order valence-electron chi connectivity index (χ2n) is 4.82. The zero-order valence-corrected chi connectivity index (χ0v) is 11.8. The van der Waals surface area contributed by atoms with Gasteiger partial charge in [-0.3, -0.25) is 0 Å². The highest BCUT2D eigenvalue weighted by atomic mass is 16.5. The fourth-order valence-electron chi connectivity index (χ4n) is 2.08. The van der Waals surface area contributed by atoms with Crippen LogP contribution >= 0.6 is 0 Å². The molecule has 1 atom stereocenters. The van der Waals surface area contributed by atoms with Crippen molar-refractivity contribution in [2.24, 2.45) is 5.92 Å². The van der Waals surface area contributed by atoms with Crippen molar-refractivity contribution in [3.8, 4) is 0 Å². The summed E-state index contributed by atoms with van der Waals surface area (Å²) < 4.78 is 5.31. The minimum absolute atomic E-state index is 0.228. The molecule has 0 fully saturated rings. The van der Waals surface area contributed by atoms with E-state index in [1.807, 2.05) is 24.3 Å². The molecular formula is C17H24O2. The normalized spacial score (nSPS) is 11.8. The molecule has 0 bridgehead atoms. The lowest BCUT2D eigenvalue weighted by Gasteiger charge is -2.14. The van der Waals surface area contributed by atoms with Gasteiger partial charge in [0.2, 0.25) is 0 Å². The number of esters is 1. The van der Waals surface area contributed by atoms with E-state index < -0.39 is 0 Å².